The summed E-state index contributed by atoms with van der Waals surface area (Å²) >= 11 is 0. The fraction of sp³-hybridized carbons (Fsp3) is 0. The maximum atomic E-state index is 6.64. The molecule has 0 radical (unpaired) electrons. The van der Waals surface area contributed by atoms with Gasteiger partial charge in [-0.25, -0.2) is 0 Å². The highest BCUT2D eigenvalue weighted by molar-refractivity contribution is 6.22. The molecule has 2 heterocycles. The summed E-state index contributed by atoms with van der Waals surface area (Å²) in [6.45, 7) is 0. The molecule has 3 heteroatoms. The molecule has 258 valence electrons. The van der Waals surface area contributed by atoms with Crippen LogP contribution in [0, 0.1) is 0 Å². The molecule has 2 aromatic heterocycles. The van der Waals surface area contributed by atoms with Gasteiger partial charge in [0, 0.05) is 49.4 Å². The lowest BCUT2D eigenvalue weighted by Crippen LogP contribution is -2.11. The van der Waals surface area contributed by atoms with Crippen molar-refractivity contribution in [1.82, 2.24) is 0 Å². The number of furan rings is 2. The number of nitrogens with zero attached hydrogens (tertiary/aromatic N) is 1. The van der Waals surface area contributed by atoms with E-state index in [4.69, 9.17) is 8.83 Å². The molecule has 55 heavy (non-hydrogen) atoms. The Morgan fingerprint density at radius 1 is 0.327 bits per heavy atom. The number of benzene rings is 9. The van der Waals surface area contributed by atoms with Crippen LogP contribution in [0.1, 0.15) is 0 Å². The van der Waals surface area contributed by atoms with Crippen LogP contribution < -0.4 is 4.90 Å². The average Bonchev–Trinajstić information content (AvgIpc) is 3.84. The summed E-state index contributed by atoms with van der Waals surface area (Å²) in [5.74, 6) is 0. The van der Waals surface area contributed by atoms with Crippen molar-refractivity contribution in [2.45, 2.75) is 0 Å². The lowest BCUT2D eigenvalue weighted by atomic mass is 9.93. The van der Waals surface area contributed by atoms with Gasteiger partial charge in [-0.2, -0.15) is 0 Å². The summed E-state index contributed by atoms with van der Waals surface area (Å²) < 4.78 is 13.1. The van der Waals surface area contributed by atoms with Crippen molar-refractivity contribution in [3.05, 3.63) is 200 Å². The summed E-state index contributed by atoms with van der Waals surface area (Å²) in [4.78, 5) is 2.37. The van der Waals surface area contributed by atoms with Crippen molar-refractivity contribution in [1.29, 1.82) is 0 Å². The fourth-order valence-corrected chi connectivity index (χ4v) is 8.29. The molecule has 3 nitrogen and oxygen atoms in total. The molecule has 9 aromatic carbocycles. The Balaban J connectivity index is 1.11. The van der Waals surface area contributed by atoms with E-state index in [0.29, 0.717) is 0 Å². The van der Waals surface area contributed by atoms with Gasteiger partial charge in [-0.3, -0.25) is 0 Å². The van der Waals surface area contributed by atoms with Gasteiger partial charge in [0.1, 0.15) is 22.3 Å². The van der Waals surface area contributed by atoms with Gasteiger partial charge in [-0.05, 0) is 76.2 Å². The first-order valence-corrected chi connectivity index (χ1v) is 18.7. The van der Waals surface area contributed by atoms with Gasteiger partial charge in [0.15, 0.2) is 0 Å². The molecule has 11 aromatic rings. The third kappa shape index (κ3) is 5.13. The fourth-order valence-electron chi connectivity index (χ4n) is 8.29. The molecular weight excluding hydrogens is 671 g/mol. The topological polar surface area (TPSA) is 29.5 Å². The first-order valence-electron chi connectivity index (χ1n) is 18.7. The van der Waals surface area contributed by atoms with Gasteiger partial charge < -0.3 is 13.7 Å². The first-order chi connectivity index (χ1) is 27.3. The largest absolute Gasteiger partial charge is 0.455 e. The summed E-state index contributed by atoms with van der Waals surface area (Å²) in [5.41, 5.74) is 13.6. The van der Waals surface area contributed by atoms with Gasteiger partial charge in [0.05, 0.1) is 5.69 Å². The van der Waals surface area contributed by atoms with Gasteiger partial charge >= 0.3 is 0 Å². The Morgan fingerprint density at radius 2 is 0.873 bits per heavy atom. The number of anilines is 3. The second-order valence-electron chi connectivity index (χ2n) is 14.0. The minimum atomic E-state index is 0.885. The molecule has 0 bridgehead atoms. The molecule has 0 aliphatic rings. The molecule has 0 amide bonds. The molecule has 0 atom stereocenters. The lowest BCUT2D eigenvalue weighted by Gasteiger charge is -2.28. The Labute approximate surface area is 317 Å². The zero-order chi connectivity index (χ0) is 36.3. The van der Waals surface area contributed by atoms with E-state index < -0.39 is 0 Å². The molecule has 0 spiro atoms. The van der Waals surface area contributed by atoms with Crippen LogP contribution >= 0.6 is 0 Å². The molecule has 0 aliphatic carbocycles. The number of para-hydroxylation sites is 4. The van der Waals surface area contributed by atoms with Crippen LogP contribution in [0.5, 0.6) is 0 Å². The predicted molar refractivity (Wildman–Crippen MR) is 229 cm³/mol. The summed E-state index contributed by atoms with van der Waals surface area (Å²) in [6.07, 6.45) is 0. The highest BCUT2D eigenvalue weighted by atomic mass is 16.3. The third-order valence-corrected chi connectivity index (χ3v) is 10.9. The van der Waals surface area contributed by atoms with Crippen molar-refractivity contribution in [3.63, 3.8) is 0 Å². The van der Waals surface area contributed by atoms with Crippen LogP contribution in [0.3, 0.4) is 0 Å². The van der Waals surface area contributed by atoms with Crippen molar-refractivity contribution in [3.8, 4) is 33.4 Å². The molecule has 0 aliphatic heterocycles. The van der Waals surface area contributed by atoms with Crippen LogP contribution in [0.15, 0.2) is 209 Å². The van der Waals surface area contributed by atoms with Crippen LogP contribution in [-0.4, -0.2) is 0 Å². The standard InChI is InChI=1S/C52H33NO2/c1-2-13-34(14-3-1)35-25-29-38(30-26-35)53(39-31-27-36(28-32-39)40-20-12-21-44-43-18-7-10-23-48(43)54-51(40)44)47-22-9-6-17-42(47)46-33-37-15-4-5-16-41(37)52-50(46)45-19-8-11-24-49(45)55-52/h1-33H. The number of rotatable bonds is 6. The smallest absolute Gasteiger partial charge is 0.143 e. The van der Waals surface area contributed by atoms with Crippen molar-refractivity contribution in [2.24, 2.45) is 0 Å². The van der Waals surface area contributed by atoms with Crippen LogP contribution in [-0.2, 0) is 0 Å². The molecular formula is C52H33NO2. The monoisotopic (exact) mass is 703 g/mol. The maximum Gasteiger partial charge on any atom is 0.143 e. The van der Waals surface area contributed by atoms with Crippen molar-refractivity contribution >= 4 is 71.7 Å². The molecule has 0 unspecified atom stereocenters. The average molecular weight is 704 g/mol. The van der Waals surface area contributed by atoms with Gasteiger partial charge in [0.25, 0.3) is 0 Å². The predicted octanol–water partition coefficient (Wildman–Crippen LogP) is 15.1. The number of fused-ring (bicyclic) bond motifs is 8. The normalized spacial score (nSPS) is 11.6. The maximum absolute atomic E-state index is 6.64. The molecule has 11 rings (SSSR count). The first kappa shape index (κ1) is 31.2. The van der Waals surface area contributed by atoms with E-state index in [1.54, 1.807) is 0 Å². The van der Waals surface area contributed by atoms with E-state index in [-0.39, 0.29) is 0 Å². The van der Waals surface area contributed by atoms with E-state index in [1.807, 2.05) is 18.2 Å². The van der Waals surface area contributed by atoms with Crippen LogP contribution in [0.25, 0.3) is 88.0 Å². The van der Waals surface area contributed by atoms with Crippen LogP contribution in [0.4, 0.5) is 17.1 Å². The lowest BCUT2D eigenvalue weighted by molar-refractivity contribution is 0.670. The van der Waals surface area contributed by atoms with Crippen molar-refractivity contribution in [2.75, 3.05) is 4.90 Å². The minimum Gasteiger partial charge on any atom is -0.455 e. The Kier molecular flexibility index (Phi) is 7.17. The third-order valence-electron chi connectivity index (χ3n) is 10.9. The zero-order valence-electron chi connectivity index (χ0n) is 29.8. The minimum absolute atomic E-state index is 0.885. The van der Waals surface area contributed by atoms with Gasteiger partial charge in [0.2, 0.25) is 0 Å². The van der Waals surface area contributed by atoms with Crippen molar-refractivity contribution < 1.29 is 8.83 Å². The second-order valence-corrected chi connectivity index (χ2v) is 14.0. The van der Waals surface area contributed by atoms with Gasteiger partial charge in [-0.15, -0.1) is 0 Å². The van der Waals surface area contributed by atoms with E-state index in [0.717, 1.165) is 94.0 Å². The van der Waals surface area contributed by atoms with E-state index in [2.05, 4.69) is 187 Å². The summed E-state index contributed by atoms with van der Waals surface area (Å²) in [5, 5.41) is 6.73. The second kappa shape index (κ2) is 12.6. The molecule has 0 fully saturated rings. The zero-order valence-corrected chi connectivity index (χ0v) is 29.8. The van der Waals surface area contributed by atoms with E-state index in [9.17, 15) is 0 Å². The highest BCUT2D eigenvalue weighted by Gasteiger charge is 2.22. The number of hydrogen-bond acceptors (Lipinski definition) is 3. The van der Waals surface area contributed by atoms with E-state index in [1.165, 1.54) is 11.1 Å². The highest BCUT2D eigenvalue weighted by Crippen LogP contribution is 2.47. The molecule has 0 saturated heterocycles. The molecule has 0 saturated carbocycles. The SMILES string of the molecule is c1ccc(-c2ccc(N(c3ccc(-c4cccc5c4oc4ccccc45)cc3)c3ccccc3-c3cc4ccccc4c4oc5ccccc5c34)cc2)cc1. The quantitative estimate of drug-likeness (QED) is 0.173. The summed E-state index contributed by atoms with van der Waals surface area (Å²) in [6, 6.07) is 70.9. The van der Waals surface area contributed by atoms with Gasteiger partial charge in [-0.1, -0.05) is 152 Å². The summed E-state index contributed by atoms with van der Waals surface area (Å²) in [7, 11) is 0. The van der Waals surface area contributed by atoms with Crippen LogP contribution in [0.2, 0.25) is 0 Å². The molecule has 0 N–H and O–H groups in total. The Bertz CT molecular complexity index is 3190. The Morgan fingerprint density at radius 3 is 1.65 bits per heavy atom. The Hall–Kier alpha value is -7.36. The number of hydrogen-bond donors (Lipinski definition) is 0. The van der Waals surface area contributed by atoms with E-state index >= 15 is 0 Å².